The molecule has 0 spiro atoms. The Morgan fingerprint density at radius 1 is 1.67 bits per heavy atom. The van der Waals surface area contributed by atoms with Crippen LogP contribution in [0.5, 0.6) is 0 Å². The van der Waals surface area contributed by atoms with Crippen molar-refractivity contribution in [2.75, 3.05) is 13.7 Å². The van der Waals surface area contributed by atoms with Crippen LogP contribution in [0, 0.1) is 0 Å². The van der Waals surface area contributed by atoms with Gasteiger partial charge in [0.15, 0.2) is 5.69 Å². The zero-order valence-electron chi connectivity index (χ0n) is 9.23. The Morgan fingerprint density at radius 3 is 2.80 bits per heavy atom. The van der Waals surface area contributed by atoms with Gasteiger partial charge < -0.3 is 9.84 Å². The van der Waals surface area contributed by atoms with Gasteiger partial charge in [-0.3, -0.25) is 4.68 Å². The van der Waals surface area contributed by atoms with Crippen molar-refractivity contribution < 1.29 is 14.6 Å². The smallest absolute Gasteiger partial charge is 0.356 e. The van der Waals surface area contributed by atoms with E-state index < -0.39 is 5.97 Å². The molecular formula is C10H16N2O3. The van der Waals surface area contributed by atoms with Crippen LogP contribution >= 0.6 is 0 Å². The number of hydrogen-bond acceptors (Lipinski definition) is 3. The minimum atomic E-state index is -0.993. The Balaban J connectivity index is 2.95. The quantitative estimate of drug-likeness (QED) is 0.800. The number of rotatable bonds is 5. The van der Waals surface area contributed by atoms with Gasteiger partial charge in [0.25, 0.3) is 0 Å². The molecule has 0 bridgehead atoms. The van der Waals surface area contributed by atoms with E-state index in [1.165, 1.54) is 0 Å². The van der Waals surface area contributed by atoms with Crippen molar-refractivity contribution in [3.8, 4) is 0 Å². The van der Waals surface area contributed by atoms with Crippen LogP contribution in [0.4, 0.5) is 0 Å². The number of aromatic carboxylic acids is 1. The molecule has 5 heteroatoms. The summed E-state index contributed by atoms with van der Waals surface area (Å²) in [7, 11) is 1.61. The summed E-state index contributed by atoms with van der Waals surface area (Å²) in [4.78, 5) is 10.8. The van der Waals surface area contributed by atoms with Gasteiger partial charge in [0.05, 0.1) is 13.2 Å². The normalized spacial score (nSPS) is 10.9. The van der Waals surface area contributed by atoms with E-state index in [0.717, 1.165) is 5.69 Å². The lowest BCUT2D eigenvalue weighted by Crippen LogP contribution is -2.11. The van der Waals surface area contributed by atoms with Crippen LogP contribution in [0.25, 0.3) is 0 Å². The average Bonchev–Trinajstić information content (AvgIpc) is 2.58. The molecule has 0 aliphatic carbocycles. The predicted octanol–water partition coefficient (Wildman–Crippen LogP) is 1.35. The highest BCUT2D eigenvalue weighted by Gasteiger charge is 2.14. The summed E-state index contributed by atoms with van der Waals surface area (Å²) < 4.78 is 6.63. The van der Waals surface area contributed by atoms with Crippen LogP contribution in [-0.4, -0.2) is 34.6 Å². The van der Waals surface area contributed by atoms with Gasteiger partial charge >= 0.3 is 5.97 Å². The first kappa shape index (κ1) is 11.7. The van der Waals surface area contributed by atoms with Crippen molar-refractivity contribution >= 4 is 5.97 Å². The van der Waals surface area contributed by atoms with Crippen molar-refractivity contribution in [1.82, 2.24) is 9.78 Å². The maximum absolute atomic E-state index is 10.8. The second-order valence-electron chi connectivity index (χ2n) is 3.63. The number of carbonyl (C=O) groups is 1. The van der Waals surface area contributed by atoms with Gasteiger partial charge in [-0.15, -0.1) is 0 Å². The third kappa shape index (κ3) is 2.79. The van der Waals surface area contributed by atoms with Crippen LogP contribution in [-0.2, 0) is 11.3 Å². The fourth-order valence-corrected chi connectivity index (χ4v) is 1.36. The van der Waals surface area contributed by atoms with E-state index in [1.54, 1.807) is 17.9 Å². The average molecular weight is 212 g/mol. The van der Waals surface area contributed by atoms with Crippen molar-refractivity contribution in [2.24, 2.45) is 0 Å². The van der Waals surface area contributed by atoms with Gasteiger partial charge in [-0.1, -0.05) is 13.8 Å². The summed E-state index contributed by atoms with van der Waals surface area (Å²) in [5.41, 5.74) is 1.01. The topological polar surface area (TPSA) is 64.4 Å². The summed E-state index contributed by atoms with van der Waals surface area (Å²) >= 11 is 0. The highest BCUT2D eigenvalue weighted by Crippen LogP contribution is 2.15. The van der Waals surface area contributed by atoms with Gasteiger partial charge in [0.1, 0.15) is 0 Å². The van der Waals surface area contributed by atoms with E-state index in [2.05, 4.69) is 5.10 Å². The van der Waals surface area contributed by atoms with Gasteiger partial charge in [-0.2, -0.15) is 5.10 Å². The summed E-state index contributed by atoms with van der Waals surface area (Å²) in [6.45, 7) is 5.12. The van der Waals surface area contributed by atoms with Crippen molar-refractivity contribution in [3.63, 3.8) is 0 Å². The first-order chi connectivity index (χ1) is 7.06. The fraction of sp³-hybridized carbons (Fsp3) is 0.600. The minimum Gasteiger partial charge on any atom is -0.476 e. The second-order valence-corrected chi connectivity index (χ2v) is 3.63. The Hall–Kier alpha value is -1.36. The van der Waals surface area contributed by atoms with E-state index >= 15 is 0 Å². The molecule has 0 atom stereocenters. The largest absolute Gasteiger partial charge is 0.476 e. The molecule has 0 aromatic carbocycles. The molecule has 0 saturated carbocycles. The van der Waals surface area contributed by atoms with E-state index in [4.69, 9.17) is 9.84 Å². The van der Waals surface area contributed by atoms with Crippen LogP contribution in [0.3, 0.4) is 0 Å². The molecule has 1 aromatic rings. The molecule has 15 heavy (non-hydrogen) atoms. The van der Waals surface area contributed by atoms with Gasteiger partial charge in [-0.25, -0.2) is 4.79 Å². The first-order valence-electron chi connectivity index (χ1n) is 4.86. The fourth-order valence-electron chi connectivity index (χ4n) is 1.36. The molecule has 1 rings (SSSR count). The molecule has 1 aromatic heterocycles. The summed E-state index contributed by atoms with van der Waals surface area (Å²) in [5.74, 6) is -0.740. The van der Waals surface area contributed by atoms with Crippen molar-refractivity contribution in [2.45, 2.75) is 26.3 Å². The third-order valence-electron chi connectivity index (χ3n) is 2.13. The number of hydrogen-bond donors (Lipinski definition) is 1. The summed E-state index contributed by atoms with van der Waals surface area (Å²) in [6.07, 6.45) is 0. The van der Waals surface area contributed by atoms with Crippen LogP contribution in [0.1, 0.15) is 35.9 Å². The molecule has 0 fully saturated rings. The molecule has 0 amide bonds. The molecule has 1 heterocycles. The third-order valence-corrected chi connectivity index (χ3v) is 2.13. The maximum Gasteiger partial charge on any atom is 0.356 e. The lowest BCUT2D eigenvalue weighted by molar-refractivity contribution is 0.0689. The van der Waals surface area contributed by atoms with E-state index in [0.29, 0.717) is 13.2 Å². The van der Waals surface area contributed by atoms with Crippen LogP contribution < -0.4 is 0 Å². The first-order valence-corrected chi connectivity index (χ1v) is 4.86. The second kappa shape index (κ2) is 4.93. The van der Waals surface area contributed by atoms with E-state index in [1.807, 2.05) is 13.8 Å². The zero-order valence-corrected chi connectivity index (χ0v) is 9.23. The standard InChI is InChI=1S/C10H16N2O3/c1-7(2)9-6-8(10(13)14)11-12(9)4-5-15-3/h6-7H,4-5H2,1-3H3,(H,13,14). The number of nitrogens with zero attached hydrogens (tertiary/aromatic N) is 2. The summed E-state index contributed by atoms with van der Waals surface area (Å²) in [5, 5.41) is 12.8. The Bertz CT molecular complexity index is 344. The number of ether oxygens (including phenoxy) is 1. The Morgan fingerprint density at radius 2 is 2.33 bits per heavy atom. The molecule has 0 aliphatic heterocycles. The van der Waals surface area contributed by atoms with E-state index in [9.17, 15) is 4.79 Å². The molecule has 1 N–H and O–H groups in total. The Kier molecular flexibility index (Phi) is 3.85. The molecule has 0 aliphatic rings. The predicted molar refractivity (Wildman–Crippen MR) is 55.2 cm³/mol. The van der Waals surface area contributed by atoms with Gasteiger partial charge in [0, 0.05) is 12.8 Å². The molecule has 5 nitrogen and oxygen atoms in total. The van der Waals surface area contributed by atoms with Crippen LogP contribution in [0.15, 0.2) is 6.07 Å². The zero-order chi connectivity index (χ0) is 11.4. The lowest BCUT2D eigenvalue weighted by atomic mass is 10.1. The molecule has 84 valence electrons. The number of carboxylic acids is 1. The SMILES string of the molecule is COCCn1nc(C(=O)O)cc1C(C)C. The minimum absolute atomic E-state index is 0.0924. The van der Waals surface area contributed by atoms with E-state index in [-0.39, 0.29) is 11.6 Å². The summed E-state index contributed by atoms with van der Waals surface area (Å²) in [6, 6.07) is 1.61. The lowest BCUT2D eigenvalue weighted by Gasteiger charge is -2.08. The molecule has 0 radical (unpaired) electrons. The van der Waals surface area contributed by atoms with Crippen molar-refractivity contribution in [3.05, 3.63) is 17.5 Å². The van der Waals surface area contributed by atoms with Crippen molar-refractivity contribution in [1.29, 1.82) is 0 Å². The number of carboxylic acid groups (broad SMARTS) is 1. The molecule has 0 saturated heterocycles. The molecule has 0 unspecified atom stereocenters. The maximum atomic E-state index is 10.8. The van der Waals surface area contributed by atoms with Gasteiger partial charge in [0.2, 0.25) is 0 Å². The highest BCUT2D eigenvalue weighted by atomic mass is 16.5. The van der Waals surface area contributed by atoms with Crippen LogP contribution in [0.2, 0.25) is 0 Å². The molecular weight excluding hydrogens is 196 g/mol. The Labute approximate surface area is 88.7 Å². The van der Waals surface area contributed by atoms with Gasteiger partial charge in [-0.05, 0) is 12.0 Å². The number of aromatic nitrogens is 2. The monoisotopic (exact) mass is 212 g/mol. The highest BCUT2D eigenvalue weighted by molar-refractivity contribution is 5.85. The number of methoxy groups -OCH3 is 1.